The monoisotopic (exact) mass is 363 g/mol. The summed E-state index contributed by atoms with van der Waals surface area (Å²) < 4.78 is 13.8. The highest BCUT2D eigenvalue weighted by molar-refractivity contribution is 9.10. The predicted molar refractivity (Wildman–Crippen MR) is 85.4 cm³/mol. The highest BCUT2D eigenvalue weighted by Crippen LogP contribution is 2.24. The summed E-state index contributed by atoms with van der Waals surface area (Å²) in [6, 6.07) is 5.78. The van der Waals surface area contributed by atoms with E-state index in [0.717, 1.165) is 30.4 Å². The molecule has 2 heterocycles. The van der Waals surface area contributed by atoms with Crippen LogP contribution in [-0.2, 0) is 0 Å². The number of hydrogen-bond donors (Lipinski definition) is 0. The second-order valence-corrected chi connectivity index (χ2v) is 6.25. The van der Waals surface area contributed by atoms with Gasteiger partial charge in [0.05, 0.1) is 4.47 Å². The summed E-state index contributed by atoms with van der Waals surface area (Å²) in [6.45, 7) is 1.50. The predicted octanol–water partition coefficient (Wildman–Crippen LogP) is 3.48. The molecule has 1 fully saturated rings. The first-order valence-corrected chi connectivity index (χ1v) is 7.95. The molecule has 0 N–H and O–H groups in total. The Balaban J connectivity index is 1.62. The van der Waals surface area contributed by atoms with E-state index in [9.17, 15) is 9.18 Å². The lowest BCUT2D eigenvalue weighted by Crippen LogP contribution is -2.37. The SMILES string of the molecule is O=C(c1ccc(F)cc1)C1CCN(c2ncc(Br)cn2)CC1. The van der Waals surface area contributed by atoms with Crippen LogP contribution in [0.3, 0.4) is 0 Å². The third-order valence-corrected chi connectivity index (χ3v) is 4.29. The fourth-order valence-corrected chi connectivity index (χ4v) is 2.87. The summed E-state index contributed by atoms with van der Waals surface area (Å²) >= 11 is 3.31. The van der Waals surface area contributed by atoms with Gasteiger partial charge in [0.25, 0.3) is 0 Å². The third-order valence-electron chi connectivity index (χ3n) is 3.88. The van der Waals surface area contributed by atoms with Crippen LogP contribution in [0.5, 0.6) is 0 Å². The molecular formula is C16H15BrFN3O. The third kappa shape index (κ3) is 3.32. The molecule has 0 saturated carbocycles. The number of rotatable bonds is 3. The van der Waals surface area contributed by atoms with Gasteiger partial charge in [0, 0.05) is 37.0 Å². The molecule has 1 aliphatic heterocycles. The van der Waals surface area contributed by atoms with E-state index in [2.05, 4.69) is 30.8 Å². The lowest BCUT2D eigenvalue weighted by molar-refractivity contribution is 0.0900. The van der Waals surface area contributed by atoms with Crippen LogP contribution in [0.25, 0.3) is 0 Å². The number of aromatic nitrogens is 2. The van der Waals surface area contributed by atoms with E-state index in [1.54, 1.807) is 24.5 Å². The van der Waals surface area contributed by atoms with Crippen molar-refractivity contribution in [2.45, 2.75) is 12.8 Å². The summed E-state index contributed by atoms with van der Waals surface area (Å²) in [5.41, 5.74) is 0.583. The summed E-state index contributed by atoms with van der Waals surface area (Å²) in [5, 5.41) is 0. The zero-order valence-electron chi connectivity index (χ0n) is 11.9. The first-order valence-electron chi connectivity index (χ1n) is 7.16. The van der Waals surface area contributed by atoms with E-state index in [1.807, 2.05) is 0 Å². The van der Waals surface area contributed by atoms with Crippen LogP contribution in [-0.4, -0.2) is 28.8 Å². The number of anilines is 1. The van der Waals surface area contributed by atoms with Crippen molar-refractivity contribution in [1.82, 2.24) is 9.97 Å². The van der Waals surface area contributed by atoms with Crippen LogP contribution in [0.1, 0.15) is 23.2 Å². The minimum absolute atomic E-state index is 0.0165. The summed E-state index contributed by atoms with van der Waals surface area (Å²) in [4.78, 5) is 23.1. The summed E-state index contributed by atoms with van der Waals surface area (Å²) in [6.07, 6.45) is 4.96. The molecule has 1 aromatic heterocycles. The van der Waals surface area contributed by atoms with Crippen LogP contribution in [0, 0.1) is 11.7 Å². The Kier molecular flexibility index (Phi) is 4.47. The van der Waals surface area contributed by atoms with Gasteiger partial charge < -0.3 is 4.90 Å². The Hall–Kier alpha value is -1.82. The fraction of sp³-hybridized carbons (Fsp3) is 0.312. The summed E-state index contributed by atoms with van der Waals surface area (Å²) in [5.74, 6) is 0.447. The van der Waals surface area contributed by atoms with Gasteiger partial charge >= 0.3 is 0 Å². The zero-order valence-corrected chi connectivity index (χ0v) is 13.5. The molecule has 3 rings (SSSR count). The average Bonchev–Trinajstić information content (AvgIpc) is 2.56. The maximum absolute atomic E-state index is 12.9. The minimum atomic E-state index is -0.321. The maximum atomic E-state index is 12.9. The van der Waals surface area contributed by atoms with Crippen LogP contribution in [0.2, 0.25) is 0 Å². The van der Waals surface area contributed by atoms with Gasteiger partial charge in [-0.05, 0) is 53.0 Å². The molecule has 0 amide bonds. The van der Waals surface area contributed by atoms with Gasteiger partial charge in [0.2, 0.25) is 5.95 Å². The number of nitrogens with zero attached hydrogens (tertiary/aromatic N) is 3. The molecule has 0 unspecified atom stereocenters. The average molecular weight is 364 g/mol. The largest absolute Gasteiger partial charge is 0.341 e. The lowest BCUT2D eigenvalue weighted by Gasteiger charge is -2.31. The van der Waals surface area contributed by atoms with E-state index >= 15 is 0 Å². The number of halogens is 2. The highest BCUT2D eigenvalue weighted by Gasteiger charge is 2.26. The smallest absolute Gasteiger partial charge is 0.225 e. The Morgan fingerprint density at radius 3 is 2.32 bits per heavy atom. The Bertz CT molecular complexity index is 652. The van der Waals surface area contributed by atoms with E-state index in [-0.39, 0.29) is 17.5 Å². The van der Waals surface area contributed by atoms with Gasteiger partial charge in [0.15, 0.2) is 5.78 Å². The number of Topliss-reactive ketones (excluding diaryl/α,β-unsaturated/α-hetero) is 1. The number of benzene rings is 1. The topological polar surface area (TPSA) is 46.1 Å². The molecule has 1 saturated heterocycles. The molecule has 1 aliphatic rings. The molecule has 0 radical (unpaired) electrons. The van der Waals surface area contributed by atoms with Crippen LogP contribution in [0.4, 0.5) is 10.3 Å². The molecule has 0 aliphatic carbocycles. The molecule has 114 valence electrons. The van der Waals surface area contributed by atoms with Crippen molar-refractivity contribution in [3.63, 3.8) is 0 Å². The van der Waals surface area contributed by atoms with E-state index in [1.165, 1.54) is 12.1 Å². The van der Waals surface area contributed by atoms with Crippen LogP contribution >= 0.6 is 15.9 Å². The standard InChI is InChI=1S/C16H15BrFN3O/c17-13-9-19-16(20-10-13)21-7-5-12(6-8-21)15(22)11-1-3-14(18)4-2-11/h1-4,9-10,12H,5-8H2. The van der Waals surface area contributed by atoms with Crippen molar-refractivity contribution in [2.24, 2.45) is 5.92 Å². The van der Waals surface area contributed by atoms with Crippen molar-refractivity contribution < 1.29 is 9.18 Å². The van der Waals surface area contributed by atoms with Crippen molar-refractivity contribution in [3.05, 3.63) is 52.5 Å². The van der Waals surface area contributed by atoms with Crippen molar-refractivity contribution >= 4 is 27.7 Å². The maximum Gasteiger partial charge on any atom is 0.225 e. The van der Waals surface area contributed by atoms with Crippen LogP contribution < -0.4 is 4.90 Å². The van der Waals surface area contributed by atoms with Crippen molar-refractivity contribution in [2.75, 3.05) is 18.0 Å². The van der Waals surface area contributed by atoms with E-state index in [0.29, 0.717) is 11.5 Å². The summed E-state index contributed by atoms with van der Waals surface area (Å²) in [7, 11) is 0. The van der Waals surface area contributed by atoms with E-state index in [4.69, 9.17) is 0 Å². The second-order valence-electron chi connectivity index (χ2n) is 5.33. The second kappa shape index (κ2) is 6.52. The highest BCUT2D eigenvalue weighted by atomic mass is 79.9. The van der Waals surface area contributed by atoms with Gasteiger partial charge in [-0.15, -0.1) is 0 Å². The Morgan fingerprint density at radius 2 is 1.73 bits per heavy atom. The van der Waals surface area contributed by atoms with Crippen LogP contribution in [0.15, 0.2) is 41.1 Å². The molecular weight excluding hydrogens is 349 g/mol. The lowest BCUT2D eigenvalue weighted by atomic mass is 9.89. The fourth-order valence-electron chi connectivity index (χ4n) is 2.66. The molecule has 2 aromatic rings. The quantitative estimate of drug-likeness (QED) is 0.783. The molecule has 0 bridgehead atoms. The van der Waals surface area contributed by atoms with Gasteiger partial charge in [-0.2, -0.15) is 0 Å². The molecule has 0 spiro atoms. The number of piperidine rings is 1. The number of carbonyl (C=O) groups excluding carboxylic acids is 1. The van der Waals surface area contributed by atoms with Crippen molar-refractivity contribution in [1.29, 1.82) is 0 Å². The minimum Gasteiger partial charge on any atom is -0.341 e. The van der Waals surface area contributed by atoms with Gasteiger partial charge in [-0.1, -0.05) is 0 Å². The van der Waals surface area contributed by atoms with Gasteiger partial charge in [-0.25, -0.2) is 14.4 Å². The van der Waals surface area contributed by atoms with Gasteiger partial charge in [0.1, 0.15) is 5.82 Å². The first-order chi connectivity index (χ1) is 10.6. The zero-order chi connectivity index (χ0) is 15.5. The molecule has 6 heteroatoms. The van der Waals surface area contributed by atoms with Crippen molar-refractivity contribution in [3.8, 4) is 0 Å². The number of ketones is 1. The number of hydrogen-bond acceptors (Lipinski definition) is 4. The Labute approximate surface area is 136 Å². The first kappa shape index (κ1) is 15.1. The normalized spacial score (nSPS) is 15.8. The Morgan fingerprint density at radius 1 is 1.14 bits per heavy atom. The van der Waals surface area contributed by atoms with E-state index < -0.39 is 0 Å². The molecule has 0 atom stereocenters. The molecule has 4 nitrogen and oxygen atoms in total. The molecule has 1 aromatic carbocycles. The van der Waals surface area contributed by atoms with Gasteiger partial charge in [-0.3, -0.25) is 4.79 Å². The molecule has 22 heavy (non-hydrogen) atoms. The number of carbonyl (C=O) groups is 1.